The summed E-state index contributed by atoms with van der Waals surface area (Å²) in [5.74, 6) is 0. The Morgan fingerprint density at radius 3 is 2.25 bits per heavy atom. The molecule has 0 saturated heterocycles. The van der Waals surface area contributed by atoms with Crippen LogP contribution in [0.25, 0.3) is 0 Å². The van der Waals surface area contributed by atoms with Gasteiger partial charge in [-0.15, -0.1) is 6.42 Å². The van der Waals surface area contributed by atoms with Crippen LogP contribution in [0.2, 0.25) is 0 Å². The molecule has 1 radical (unpaired) electrons. The van der Waals surface area contributed by atoms with Crippen molar-refractivity contribution >= 4 is 6.79 Å². The molecule has 0 aromatic heterocycles. The van der Waals surface area contributed by atoms with E-state index in [0.29, 0.717) is 0 Å². The minimum atomic E-state index is 0. The molecule has 2 heteroatoms. The zero-order valence-corrected chi connectivity index (χ0v) is 5.43. The Kier molecular flexibility index (Phi) is 13.0. The molecule has 0 heterocycles. The van der Waals surface area contributed by atoms with Gasteiger partial charge in [0, 0.05) is 16.8 Å². The van der Waals surface area contributed by atoms with E-state index in [0.717, 1.165) is 6.42 Å². The normalized spacial score (nSPS) is 11.5. The summed E-state index contributed by atoms with van der Waals surface area (Å²) in [4.78, 5) is 8.00. The Labute approximate surface area is 59.7 Å². The third-order valence-corrected chi connectivity index (χ3v) is 0.586. The molecule has 0 amide bonds. The molecule has 8 heavy (non-hydrogen) atoms. The molecule has 1 aliphatic carbocycles. The molecule has 0 N–H and O–H groups in total. The Hall–Kier alpha value is -0.344. The molecule has 0 atom stereocenters. The fraction of sp³-hybridized carbons (Fsp3) is 0.167. The predicted octanol–water partition coefficient (Wildman–Crippen LogP) is 1.12. The van der Waals surface area contributed by atoms with Gasteiger partial charge in [0.25, 0.3) is 0 Å². The molecule has 0 fully saturated rings. The smallest absolute Gasteiger partial charge is 0.106 e. The molecule has 0 saturated carbocycles. The quantitative estimate of drug-likeness (QED) is 0.478. The minimum Gasteiger partial charge on any atom is -0.307 e. The van der Waals surface area contributed by atoms with Crippen molar-refractivity contribution in [2.24, 2.45) is 0 Å². The zero-order chi connectivity index (χ0) is 5.54. The number of carbonyl (C=O) groups excluding carboxylic acids is 1. The van der Waals surface area contributed by atoms with Crippen molar-refractivity contribution in [2.45, 2.75) is 6.42 Å². The van der Waals surface area contributed by atoms with Gasteiger partial charge in [-0.3, -0.25) is 6.08 Å². The van der Waals surface area contributed by atoms with Crippen molar-refractivity contribution in [1.82, 2.24) is 0 Å². The minimum absolute atomic E-state index is 0. The predicted molar refractivity (Wildman–Crippen MR) is 28.7 cm³/mol. The summed E-state index contributed by atoms with van der Waals surface area (Å²) >= 11 is 0. The summed E-state index contributed by atoms with van der Waals surface area (Å²) in [5.41, 5.74) is 0. The van der Waals surface area contributed by atoms with Crippen LogP contribution in [-0.2, 0) is 21.6 Å². The van der Waals surface area contributed by atoms with Gasteiger partial charge in [0.2, 0.25) is 0 Å². The van der Waals surface area contributed by atoms with Crippen LogP contribution in [0.5, 0.6) is 0 Å². The van der Waals surface area contributed by atoms with Crippen LogP contribution >= 0.6 is 0 Å². The number of hydrogen-bond acceptors (Lipinski definition) is 1. The maximum absolute atomic E-state index is 8.00. The second-order valence-electron chi connectivity index (χ2n) is 1.00. The molecule has 0 bridgehead atoms. The summed E-state index contributed by atoms with van der Waals surface area (Å²) in [6.07, 6.45) is 10.0. The fourth-order valence-corrected chi connectivity index (χ4v) is 0.340. The first-order valence-electron chi connectivity index (χ1n) is 2.01. The first kappa shape index (κ1) is 10.6. The maximum atomic E-state index is 8.00. The van der Waals surface area contributed by atoms with Gasteiger partial charge in [-0.05, 0) is 0 Å². The van der Waals surface area contributed by atoms with E-state index in [-0.39, 0.29) is 16.8 Å². The average molecular weight is 154 g/mol. The maximum Gasteiger partial charge on any atom is 0.106 e. The monoisotopic (exact) mass is 154 g/mol. The van der Waals surface area contributed by atoms with Crippen LogP contribution < -0.4 is 0 Å². The summed E-state index contributed by atoms with van der Waals surface area (Å²) in [6.45, 7) is 2.00. The Balaban J connectivity index is 0. The fourth-order valence-electron chi connectivity index (χ4n) is 0.340. The van der Waals surface area contributed by atoms with Gasteiger partial charge in [0.15, 0.2) is 0 Å². The Morgan fingerprint density at radius 2 is 2.12 bits per heavy atom. The van der Waals surface area contributed by atoms with Gasteiger partial charge in [-0.1, -0.05) is 0 Å². The molecular weight excluding hydrogens is 147 g/mol. The number of allylic oxidation sites excluding steroid dienone is 4. The summed E-state index contributed by atoms with van der Waals surface area (Å²) in [7, 11) is 0. The van der Waals surface area contributed by atoms with Crippen molar-refractivity contribution in [1.29, 1.82) is 0 Å². The van der Waals surface area contributed by atoms with Crippen molar-refractivity contribution in [3.05, 3.63) is 24.3 Å². The van der Waals surface area contributed by atoms with Gasteiger partial charge < -0.3 is 4.79 Å². The summed E-state index contributed by atoms with van der Waals surface area (Å²) < 4.78 is 0. The average Bonchev–Trinajstić information content (AvgIpc) is 2.23. The van der Waals surface area contributed by atoms with Crippen molar-refractivity contribution in [3.63, 3.8) is 0 Å². The number of rotatable bonds is 0. The van der Waals surface area contributed by atoms with E-state index in [1.807, 2.05) is 18.9 Å². The van der Waals surface area contributed by atoms with E-state index in [1.165, 1.54) is 0 Å². The second-order valence-corrected chi connectivity index (χ2v) is 1.00. The topological polar surface area (TPSA) is 17.1 Å². The first-order chi connectivity index (χ1) is 3.50. The van der Waals surface area contributed by atoms with Crippen LogP contribution in [0.4, 0.5) is 0 Å². The molecule has 1 rings (SSSR count). The van der Waals surface area contributed by atoms with E-state index in [9.17, 15) is 0 Å². The van der Waals surface area contributed by atoms with Crippen molar-refractivity contribution in [2.75, 3.05) is 0 Å². The van der Waals surface area contributed by atoms with Gasteiger partial charge in [0.05, 0.1) is 0 Å². The third kappa shape index (κ3) is 5.66. The Bertz CT molecular complexity index is 76.5. The van der Waals surface area contributed by atoms with Crippen LogP contribution in [0.15, 0.2) is 18.2 Å². The summed E-state index contributed by atoms with van der Waals surface area (Å²) in [5, 5.41) is 0. The van der Waals surface area contributed by atoms with Crippen LogP contribution in [0, 0.1) is 6.08 Å². The molecular formula is C6H7CoO-. The molecule has 0 aromatic rings. The van der Waals surface area contributed by atoms with E-state index in [2.05, 4.69) is 12.2 Å². The molecule has 0 unspecified atom stereocenters. The van der Waals surface area contributed by atoms with Gasteiger partial charge in [-0.2, -0.15) is 6.08 Å². The van der Waals surface area contributed by atoms with Crippen LogP contribution in [0.3, 0.4) is 0 Å². The zero-order valence-electron chi connectivity index (χ0n) is 4.39. The molecule has 0 aliphatic heterocycles. The third-order valence-electron chi connectivity index (χ3n) is 0.586. The van der Waals surface area contributed by atoms with Crippen molar-refractivity contribution in [3.8, 4) is 0 Å². The SMILES string of the molecule is C=O.[C-]1=CC=CC1.[Co]. The van der Waals surface area contributed by atoms with E-state index < -0.39 is 0 Å². The Morgan fingerprint density at radius 1 is 1.50 bits per heavy atom. The van der Waals surface area contributed by atoms with E-state index in [4.69, 9.17) is 4.79 Å². The molecule has 0 aromatic carbocycles. The van der Waals surface area contributed by atoms with Crippen molar-refractivity contribution < 1.29 is 21.6 Å². The van der Waals surface area contributed by atoms with Crippen LogP contribution in [0.1, 0.15) is 6.42 Å². The largest absolute Gasteiger partial charge is 0.307 e. The molecule has 1 aliphatic rings. The van der Waals surface area contributed by atoms with E-state index in [1.54, 1.807) is 0 Å². The molecule has 47 valence electrons. The van der Waals surface area contributed by atoms with Gasteiger partial charge in [0.1, 0.15) is 6.79 Å². The van der Waals surface area contributed by atoms with Gasteiger partial charge >= 0.3 is 0 Å². The standard InChI is InChI=1S/C5H5.CH2O.Co/c1-2-4-5-3-1;1-2;/h1-3H,4H2;1H2;/q-1;;. The molecule has 1 nitrogen and oxygen atoms in total. The molecule has 0 spiro atoms. The first-order valence-corrected chi connectivity index (χ1v) is 2.01. The van der Waals surface area contributed by atoms with E-state index >= 15 is 0 Å². The second kappa shape index (κ2) is 9.82. The number of carbonyl (C=O) groups is 1. The van der Waals surface area contributed by atoms with Gasteiger partial charge in [-0.25, -0.2) is 12.2 Å². The van der Waals surface area contributed by atoms with Crippen LogP contribution in [-0.4, -0.2) is 6.79 Å². The number of hydrogen-bond donors (Lipinski definition) is 0. The summed E-state index contributed by atoms with van der Waals surface area (Å²) in [6, 6.07) is 0.